The predicted molar refractivity (Wildman–Crippen MR) is 112 cm³/mol. The fraction of sp³-hybridized carbons (Fsp3) is 0.455. The van der Waals surface area contributed by atoms with Gasteiger partial charge in [0.15, 0.2) is 0 Å². The molecule has 5 nitrogen and oxygen atoms in total. The molecule has 3 rings (SSSR count). The first-order valence-corrected chi connectivity index (χ1v) is 9.52. The van der Waals surface area contributed by atoms with Crippen molar-refractivity contribution in [2.75, 3.05) is 26.2 Å². The number of hydrogen-bond donors (Lipinski definition) is 3. The highest BCUT2D eigenvalue weighted by molar-refractivity contribution is 5.85. The lowest BCUT2D eigenvalue weighted by molar-refractivity contribution is -0.0325. The molecule has 1 unspecified atom stereocenters. The van der Waals surface area contributed by atoms with Crippen molar-refractivity contribution >= 4 is 12.4 Å². The van der Waals surface area contributed by atoms with Crippen LogP contribution in [-0.4, -0.2) is 58.2 Å². The second-order valence-corrected chi connectivity index (χ2v) is 7.65. The van der Waals surface area contributed by atoms with Gasteiger partial charge in [0, 0.05) is 26.1 Å². The average Bonchev–Trinajstić information content (AvgIpc) is 2.65. The Morgan fingerprint density at radius 1 is 1.04 bits per heavy atom. The number of phenolic OH excluding ortho intramolecular Hbond substituents is 1. The molecule has 0 spiro atoms. The molecule has 1 aliphatic heterocycles. The molecule has 2 aromatic rings. The number of rotatable bonds is 7. The predicted octanol–water partition coefficient (Wildman–Crippen LogP) is 2.93. The molecule has 2 aromatic carbocycles. The Morgan fingerprint density at radius 3 is 2.25 bits per heavy atom. The van der Waals surface area contributed by atoms with E-state index in [4.69, 9.17) is 4.74 Å². The van der Waals surface area contributed by atoms with Gasteiger partial charge < -0.3 is 25.0 Å². The lowest BCUT2D eigenvalue weighted by Crippen LogP contribution is -2.48. The van der Waals surface area contributed by atoms with E-state index in [2.05, 4.69) is 36.1 Å². The Morgan fingerprint density at radius 2 is 1.64 bits per heavy atom. The number of benzene rings is 2. The molecule has 1 aliphatic rings. The zero-order chi connectivity index (χ0) is 19.3. The van der Waals surface area contributed by atoms with Crippen LogP contribution >= 0.6 is 12.4 Å². The van der Waals surface area contributed by atoms with Crippen LogP contribution in [0.1, 0.15) is 24.0 Å². The molecular formula is C22H30ClNO4. The minimum Gasteiger partial charge on any atom is -0.508 e. The van der Waals surface area contributed by atoms with Gasteiger partial charge in [0.1, 0.15) is 24.2 Å². The quantitative estimate of drug-likeness (QED) is 0.658. The van der Waals surface area contributed by atoms with E-state index in [0.717, 1.165) is 13.1 Å². The second-order valence-electron chi connectivity index (χ2n) is 7.65. The summed E-state index contributed by atoms with van der Waals surface area (Å²) in [6.07, 6.45) is 1.48. The molecule has 0 radical (unpaired) electrons. The van der Waals surface area contributed by atoms with Gasteiger partial charge in [-0.05, 0) is 49.6 Å². The summed E-state index contributed by atoms with van der Waals surface area (Å²) in [4.78, 5) is 2.18. The Balaban J connectivity index is 0.00000280. The summed E-state index contributed by atoms with van der Waals surface area (Å²) >= 11 is 0. The van der Waals surface area contributed by atoms with E-state index < -0.39 is 11.7 Å². The third-order valence-corrected chi connectivity index (χ3v) is 5.19. The smallest absolute Gasteiger partial charge is 0.119 e. The van der Waals surface area contributed by atoms with Crippen molar-refractivity contribution in [2.45, 2.75) is 37.9 Å². The van der Waals surface area contributed by atoms with E-state index in [1.54, 1.807) is 24.3 Å². The van der Waals surface area contributed by atoms with Crippen LogP contribution in [0.4, 0.5) is 0 Å². The van der Waals surface area contributed by atoms with Gasteiger partial charge in [-0.3, -0.25) is 0 Å². The van der Waals surface area contributed by atoms with E-state index in [0.29, 0.717) is 31.6 Å². The van der Waals surface area contributed by atoms with Crippen molar-refractivity contribution < 1.29 is 20.1 Å². The number of nitrogens with zero attached hydrogens (tertiary/aromatic N) is 1. The maximum Gasteiger partial charge on any atom is 0.119 e. The molecule has 3 N–H and O–H groups in total. The van der Waals surface area contributed by atoms with Crippen LogP contribution in [0, 0.1) is 6.92 Å². The van der Waals surface area contributed by atoms with Crippen molar-refractivity contribution in [3.05, 3.63) is 59.7 Å². The van der Waals surface area contributed by atoms with Gasteiger partial charge in [0.2, 0.25) is 0 Å². The first-order valence-electron chi connectivity index (χ1n) is 9.52. The van der Waals surface area contributed by atoms with Crippen molar-refractivity contribution in [2.24, 2.45) is 0 Å². The van der Waals surface area contributed by atoms with Gasteiger partial charge in [0.05, 0.1) is 5.60 Å². The molecule has 28 heavy (non-hydrogen) atoms. The van der Waals surface area contributed by atoms with Crippen LogP contribution < -0.4 is 4.74 Å². The molecule has 1 atom stereocenters. The van der Waals surface area contributed by atoms with Crippen molar-refractivity contribution in [1.82, 2.24) is 4.90 Å². The van der Waals surface area contributed by atoms with E-state index in [9.17, 15) is 15.3 Å². The summed E-state index contributed by atoms with van der Waals surface area (Å²) in [5.41, 5.74) is 1.72. The maximum absolute atomic E-state index is 10.9. The zero-order valence-electron chi connectivity index (χ0n) is 16.3. The Bertz CT molecular complexity index is 712. The molecule has 0 aromatic heterocycles. The first-order chi connectivity index (χ1) is 12.9. The fourth-order valence-electron chi connectivity index (χ4n) is 3.50. The SMILES string of the molecule is Cc1ccc(CC2(O)CCN(CC(O)COc3ccc(O)cc3)CC2)cc1.Cl. The van der Waals surface area contributed by atoms with Crippen molar-refractivity contribution in [3.8, 4) is 11.5 Å². The number of aryl methyl sites for hydroxylation is 1. The number of aliphatic hydroxyl groups excluding tert-OH is 1. The minimum absolute atomic E-state index is 0. The van der Waals surface area contributed by atoms with Crippen molar-refractivity contribution in [1.29, 1.82) is 0 Å². The summed E-state index contributed by atoms with van der Waals surface area (Å²) < 4.78 is 5.56. The van der Waals surface area contributed by atoms with Crippen LogP contribution in [0.2, 0.25) is 0 Å². The van der Waals surface area contributed by atoms with Gasteiger partial charge >= 0.3 is 0 Å². The number of aromatic hydroxyl groups is 1. The molecule has 1 heterocycles. The largest absolute Gasteiger partial charge is 0.508 e. The molecule has 1 fully saturated rings. The molecule has 0 aliphatic carbocycles. The van der Waals surface area contributed by atoms with E-state index >= 15 is 0 Å². The van der Waals surface area contributed by atoms with Gasteiger partial charge in [-0.2, -0.15) is 0 Å². The number of β-amino-alcohol motifs (C(OH)–C–C–N with tert-alkyl or cyclic N) is 1. The van der Waals surface area contributed by atoms with Gasteiger partial charge in [-0.15, -0.1) is 12.4 Å². The van der Waals surface area contributed by atoms with Gasteiger partial charge in [0.25, 0.3) is 0 Å². The van der Waals surface area contributed by atoms with E-state index in [1.165, 1.54) is 11.1 Å². The number of piperidine rings is 1. The molecule has 154 valence electrons. The summed E-state index contributed by atoms with van der Waals surface area (Å²) in [5, 5.41) is 30.4. The molecule has 0 saturated carbocycles. The number of aliphatic hydroxyl groups is 2. The lowest BCUT2D eigenvalue weighted by atomic mass is 9.85. The maximum atomic E-state index is 10.9. The minimum atomic E-state index is -0.667. The number of phenols is 1. The lowest BCUT2D eigenvalue weighted by Gasteiger charge is -2.39. The highest BCUT2D eigenvalue weighted by atomic mass is 35.5. The van der Waals surface area contributed by atoms with Crippen LogP contribution in [-0.2, 0) is 6.42 Å². The number of hydrogen-bond acceptors (Lipinski definition) is 5. The van der Waals surface area contributed by atoms with Crippen molar-refractivity contribution in [3.63, 3.8) is 0 Å². The summed E-state index contributed by atoms with van der Waals surface area (Å²) in [6, 6.07) is 14.8. The number of likely N-dealkylation sites (tertiary alicyclic amines) is 1. The first kappa shape index (κ1) is 22.5. The number of ether oxygens (including phenoxy) is 1. The monoisotopic (exact) mass is 407 g/mol. The summed E-state index contributed by atoms with van der Waals surface area (Å²) in [6.45, 7) is 4.32. The van der Waals surface area contributed by atoms with Crippen LogP contribution in [0.5, 0.6) is 11.5 Å². The fourth-order valence-corrected chi connectivity index (χ4v) is 3.50. The molecular weight excluding hydrogens is 378 g/mol. The second kappa shape index (κ2) is 10.1. The Labute approximate surface area is 173 Å². The van der Waals surface area contributed by atoms with Gasteiger partial charge in [-0.1, -0.05) is 29.8 Å². The topological polar surface area (TPSA) is 73.2 Å². The highest BCUT2D eigenvalue weighted by Gasteiger charge is 2.32. The molecule has 1 saturated heterocycles. The number of halogens is 1. The summed E-state index contributed by atoms with van der Waals surface area (Å²) in [7, 11) is 0. The molecule has 0 amide bonds. The van der Waals surface area contributed by atoms with E-state index in [1.807, 2.05) is 0 Å². The van der Waals surface area contributed by atoms with Crippen LogP contribution in [0.3, 0.4) is 0 Å². The third-order valence-electron chi connectivity index (χ3n) is 5.19. The third kappa shape index (κ3) is 6.67. The molecule has 0 bridgehead atoms. The standard InChI is InChI=1S/C22H29NO4.ClH/c1-17-2-4-18(5-3-17)14-22(26)10-12-23(13-11-22)15-20(25)16-27-21-8-6-19(24)7-9-21;/h2-9,20,24-26H,10-16H2,1H3;1H. The van der Waals surface area contributed by atoms with Gasteiger partial charge in [-0.25, -0.2) is 0 Å². The zero-order valence-corrected chi connectivity index (χ0v) is 17.1. The highest BCUT2D eigenvalue weighted by Crippen LogP contribution is 2.26. The van der Waals surface area contributed by atoms with Crippen LogP contribution in [0.15, 0.2) is 48.5 Å². The Hall–Kier alpha value is -1.79. The molecule has 6 heteroatoms. The normalized spacial score (nSPS) is 17.5. The Kier molecular flexibility index (Phi) is 8.13. The van der Waals surface area contributed by atoms with E-state index in [-0.39, 0.29) is 24.8 Å². The summed E-state index contributed by atoms with van der Waals surface area (Å²) in [5.74, 6) is 0.812. The average molecular weight is 408 g/mol. The van der Waals surface area contributed by atoms with Crippen LogP contribution in [0.25, 0.3) is 0 Å².